The van der Waals surface area contributed by atoms with Crippen LogP contribution in [0.1, 0.15) is 53.1 Å². The first-order chi connectivity index (χ1) is 20.2. The molecule has 0 unspecified atom stereocenters. The minimum Gasteiger partial charge on any atom is -0.493 e. The van der Waals surface area contributed by atoms with Crippen LogP contribution < -0.4 is 4.74 Å². The van der Waals surface area contributed by atoms with Crippen molar-refractivity contribution < 1.29 is 19.0 Å². The lowest BCUT2D eigenvalue weighted by Gasteiger charge is -2.15. The van der Waals surface area contributed by atoms with E-state index in [1.165, 1.54) is 5.39 Å². The van der Waals surface area contributed by atoms with Crippen molar-refractivity contribution in [2.75, 3.05) is 20.3 Å². The summed E-state index contributed by atoms with van der Waals surface area (Å²) in [6, 6.07) is 20.8. The fourth-order valence-electron chi connectivity index (χ4n) is 6.24. The predicted octanol–water partition coefficient (Wildman–Crippen LogP) is 6.87. The number of carbonyl (C=O) groups excluding carboxylic acids is 1. The maximum absolute atomic E-state index is 12.7. The van der Waals surface area contributed by atoms with Crippen LogP contribution in [0.15, 0.2) is 60.7 Å². The molecule has 1 aliphatic rings. The van der Waals surface area contributed by atoms with Crippen LogP contribution in [-0.4, -0.2) is 41.0 Å². The van der Waals surface area contributed by atoms with E-state index in [4.69, 9.17) is 19.3 Å². The summed E-state index contributed by atoms with van der Waals surface area (Å²) in [7, 11) is 3.66. The van der Waals surface area contributed by atoms with Gasteiger partial charge in [0.05, 0.1) is 42.4 Å². The van der Waals surface area contributed by atoms with Gasteiger partial charge in [0, 0.05) is 49.2 Å². The van der Waals surface area contributed by atoms with E-state index < -0.39 is 0 Å². The van der Waals surface area contributed by atoms with Crippen molar-refractivity contribution in [2.45, 2.75) is 51.9 Å². The molecule has 0 N–H and O–H groups in total. The second-order valence-electron chi connectivity index (χ2n) is 10.7. The molecule has 0 aliphatic carbocycles. The van der Waals surface area contributed by atoms with Gasteiger partial charge >= 0.3 is 0 Å². The highest BCUT2D eigenvalue weighted by Crippen LogP contribution is 2.39. The summed E-state index contributed by atoms with van der Waals surface area (Å²) >= 11 is 0. The number of aldehydes is 1. The number of carbonyl (C=O) groups is 1. The molecule has 1 aliphatic heterocycles. The maximum atomic E-state index is 12.7. The Balaban J connectivity index is 1.39. The van der Waals surface area contributed by atoms with E-state index in [1.54, 1.807) is 7.11 Å². The summed E-state index contributed by atoms with van der Waals surface area (Å²) in [6.45, 7) is 2.94. The SMILES string of the molecule is COCc1nn(C)c2c1-c1cccc3c(CCCOc4cccc5ccccc45)c(C=O)n(c13)CCCCCOC2. The maximum Gasteiger partial charge on any atom is 0.166 e. The molecule has 0 spiro atoms. The third-order valence-electron chi connectivity index (χ3n) is 8.12. The number of hydrogen-bond donors (Lipinski definition) is 0. The Labute approximate surface area is 240 Å². The van der Waals surface area contributed by atoms with Gasteiger partial charge in [-0.05, 0) is 49.1 Å². The van der Waals surface area contributed by atoms with Gasteiger partial charge in [-0.2, -0.15) is 5.10 Å². The Bertz CT molecular complexity index is 1680. The first-order valence-electron chi connectivity index (χ1n) is 14.5. The Kier molecular flexibility index (Phi) is 8.16. The van der Waals surface area contributed by atoms with Crippen molar-refractivity contribution in [1.29, 1.82) is 0 Å². The van der Waals surface area contributed by atoms with Gasteiger partial charge in [0.2, 0.25) is 0 Å². The summed E-state index contributed by atoms with van der Waals surface area (Å²) in [5.41, 5.74) is 6.96. The quantitative estimate of drug-likeness (QED) is 0.156. The summed E-state index contributed by atoms with van der Waals surface area (Å²) in [5, 5.41) is 8.21. The molecule has 5 aromatic rings. The number of nitrogens with zero attached hydrogens (tertiary/aromatic N) is 3. The average Bonchev–Trinajstić information content (AvgIpc) is 3.47. The van der Waals surface area contributed by atoms with E-state index in [9.17, 15) is 4.79 Å². The van der Waals surface area contributed by atoms with Crippen molar-refractivity contribution in [2.24, 2.45) is 7.05 Å². The van der Waals surface area contributed by atoms with Gasteiger partial charge in [-0.15, -0.1) is 0 Å². The van der Waals surface area contributed by atoms with Crippen molar-refractivity contribution in [3.05, 3.63) is 83.3 Å². The molecule has 7 heteroatoms. The third kappa shape index (κ3) is 5.27. The number of fused-ring (bicyclic) bond motifs is 3. The summed E-state index contributed by atoms with van der Waals surface area (Å²) in [6.07, 6.45) is 5.60. The zero-order valence-electron chi connectivity index (χ0n) is 23.9. The van der Waals surface area contributed by atoms with Gasteiger partial charge in [-0.25, -0.2) is 0 Å². The molecular weight excluding hydrogens is 514 g/mol. The van der Waals surface area contributed by atoms with E-state index in [-0.39, 0.29) is 0 Å². The first-order valence-corrected chi connectivity index (χ1v) is 14.5. The van der Waals surface area contributed by atoms with E-state index >= 15 is 0 Å². The largest absolute Gasteiger partial charge is 0.493 e. The van der Waals surface area contributed by atoms with E-state index in [2.05, 4.69) is 41.0 Å². The summed E-state index contributed by atoms with van der Waals surface area (Å²) < 4.78 is 22.0. The molecular formula is C34H37N3O4. The minimum atomic E-state index is 0.402. The highest BCUT2D eigenvalue weighted by Gasteiger charge is 2.25. The lowest BCUT2D eigenvalue weighted by molar-refractivity contribution is 0.110. The van der Waals surface area contributed by atoms with Gasteiger partial charge < -0.3 is 18.8 Å². The molecule has 7 nitrogen and oxygen atoms in total. The number of benzene rings is 3. The molecule has 0 saturated carbocycles. The molecule has 3 heterocycles. The van der Waals surface area contributed by atoms with E-state index in [0.29, 0.717) is 26.4 Å². The number of aryl methyl sites for hydroxylation is 3. The fraction of sp³-hybridized carbons (Fsp3) is 0.353. The van der Waals surface area contributed by atoms with Crippen LogP contribution in [0.2, 0.25) is 0 Å². The van der Waals surface area contributed by atoms with Crippen LogP contribution in [0.3, 0.4) is 0 Å². The molecule has 41 heavy (non-hydrogen) atoms. The predicted molar refractivity (Wildman–Crippen MR) is 162 cm³/mol. The molecule has 0 saturated heterocycles. The number of rotatable bonds is 8. The zero-order chi connectivity index (χ0) is 28.2. The minimum absolute atomic E-state index is 0.402. The standard InChI is InChI=1S/C34H37N3O4/c1-36-31-23-40-19-7-3-6-18-37-30(21-38)26(16-10-20-41-32-17-8-12-24-11-4-5-13-25(24)32)27-14-9-15-28(34(27)37)33(31)29(35-36)22-39-2/h4-5,8-9,11-15,17,21H,3,6-7,10,16,18-20,22-23H2,1-2H3. The molecule has 2 aromatic heterocycles. The molecule has 0 fully saturated rings. The van der Waals surface area contributed by atoms with Gasteiger partial charge in [-0.3, -0.25) is 9.48 Å². The van der Waals surface area contributed by atoms with Crippen molar-refractivity contribution in [1.82, 2.24) is 14.3 Å². The van der Waals surface area contributed by atoms with Crippen LogP contribution in [0.4, 0.5) is 0 Å². The van der Waals surface area contributed by atoms with Crippen LogP contribution in [0.5, 0.6) is 5.75 Å². The van der Waals surface area contributed by atoms with Crippen LogP contribution in [-0.2, 0) is 42.7 Å². The summed E-state index contributed by atoms with van der Waals surface area (Å²) in [5.74, 6) is 0.894. The van der Waals surface area contributed by atoms with Crippen LogP contribution >= 0.6 is 0 Å². The van der Waals surface area contributed by atoms with Gasteiger partial charge in [0.15, 0.2) is 6.29 Å². The third-order valence-corrected chi connectivity index (χ3v) is 8.12. The second kappa shape index (κ2) is 12.3. The molecule has 3 aromatic carbocycles. The molecule has 0 bridgehead atoms. The Morgan fingerprint density at radius 1 is 1.00 bits per heavy atom. The van der Waals surface area contributed by atoms with Crippen molar-refractivity contribution >= 4 is 28.0 Å². The average molecular weight is 552 g/mol. The van der Waals surface area contributed by atoms with E-state index in [1.807, 2.05) is 36.0 Å². The first kappa shape index (κ1) is 27.2. The Hall–Kier alpha value is -3.94. The molecule has 212 valence electrons. The van der Waals surface area contributed by atoms with Crippen molar-refractivity contribution in [3.63, 3.8) is 0 Å². The smallest absolute Gasteiger partial charge is 0.166 e. The topological polar surface area (TPSA) is 67.5 Å². The monoisotopic (exact) mass is 551 g/mol. The highest BCUT2D eigenvalue weighted by atomic mass is 16.5. The molecule has 0 atom stereocenters. The number of para-hydroxylation sites is 1. The normalized spacial score (nSPS) is 14.0. The molecule has 0 radical (unpaired) electrons. The second-order valence-corrected chi connectivity index (χ2v) is 10.7. The van der Waals surface area contributed by atoms with Gasteiger partial charge in [0.25, 0.3) is 0 Å². The number of ether oxygens (including phenoxy) is 3. The van der Waals surface area contributed by atoms with Crippen LogP contribution in [0, 0.1) is 0 Å². The molecule has 0 amide bonds. The fourth-order valence-corrected chi connectivity index (χ4v) is 6.24. The molecule has 6 rings (SSSR count). The van der Waals surface area contributed by atoms with Crippen molar-refractivity contribution in [3.8, 4) is 16.9 Å². The lowest BCUT2D eigenvalue weighted by atomic mass is 9.98. The van der Waals surface area contributed by atoms with E-state index in [0.717, 1.165) is 101 Å². The lowest BCUT2D eigenvalue weighted by Crippen LogP contribution is -2.08. The Morgan fingerprint density at radius 2 is 1.83 bits per heavy atom. The van der Waals surface area contributed by atoms with Gasteiger partial charge in [0.1, 0.15) is 5.75 Å². The number of methoxy groups -OCH3 is 1. The highest BCUT2D eigenvalue weighted by molar-refractivity contribution is 6.02. The van der Waals surface area contributed by atoms with Crippen LogP contribution in [0.25, 0.3) is 32.8 Å². The Morgan fingerprint density at radius 3 is 2.71 bits per heavy atom. The van der Waals surface area contributed by atoms with Gasteiger partial charge in [-0.1, -0.05) is 54.6 Å². The number of aromatic nitrogens is 3. The number of hydrogen-bond acceptors (Lipinski definition) is 5. The zero-order valence-corrected chi connectivity index (χ0v) is 23.9. The summed E-state index contributed by atoms with van der Waals surface area (Å²) in [4.78, 5) is 12.7.